The molecule has 0 unspecified atom stereocenters. The van der Waals surface area contributed by atoms with Gasteiger partial charge in [-0.1, -0.05) is 25.1 Å². The van der Waals surface area contributed by atoms with E-state index in [1.807, 2.05) is 12.1 Å². The fourth-order valence-electron chi connectivity index (χ4n) is 1.93. The van der Waals surface area contributed by atoms with Crippen molar-refractivity contribution in [3.05, 3.63) is 58.1 Å². The molecule has 0 amide bonds. The van der Waals surface area contributed by atoms with Crippen LogP contribution in [0.4, 0.5) is 5.69 Å². The molecule has 0 fully saturated rings. The standard InChI is InChI=1S/C17H20BrNO/c1-3-9-20-15-6-4-5-14(11-15)12-19-17-8-7-13(2)10-16(17)18/h4-8,10-11,19H,3,9,12H2,1-2H3. The van der Waals surface area contributed by atoms with Gasteiger partial charge < -0.3 is 10.1 Å². The zero-order valence-corrected chi connectivity index (χ0v) is 13.5. The number of benzene rings is 2. The fourth-order valence-corrected chi connectivity index (χ4v) is 2.56. The van der Waals surface area contributed by atoms with Gasteiger partial charge in [0.2, 0.25) is 0 Å². The molecule has 2 rings (SSSR count). The average molecular weight is 334 g/mol. The SMILES string of the molecule is CCCOc1cccc(CNc2ccc(C)cc2Br)c1. The number of aryl methyl sites for hydroxylation is 1. The summed E-state index contributed by atoms with van der Waals surface area (Å²) in [6, 6.07) is 14.5. The Balaban J connectivity index is 1.99. The van der Waals surface area contributed by atoms with Crippen molar-refractivity contribution in [3.63, 3.8) is 0 Å². The lowest BCUT2D eigenvalue weighted by Gasteiger charge is -2.11. The maximum Gasteiger partial charge on any atom is 0.119 e. The van der Waals surface area contributed by atoms with Crippen LogP contribution in [0.5, 0.6) is 5.75 Å². The third-order valence-corrected chi connectivity index (χ3v) is 3.63. The molecule has 2 aromatic rings. The second-order valence-corrected chi connectivity index (χ2v) is 5.69. The number of rotatable bonds is 6. The van der Waals surface area contributed by atoms with Gasteiger partial charge in [0.1, 0.15) is 5.75 Å². The zero-order chi connectivity index (χ0) is 14.4. The molecule has 0 radical (unpaired) electrons. The molecule has 0 spiro atoms. The van der Waals surface area contributed by atoms with Gasteiger partial charge in [0.15, 0.2) is 0 Å². The van der Waals surface area contributed by atoms with Crippen LogP contribution in [0.2, 0.25) is 0 Å². The molecule has 106 valence electrons. The van der Waals surface area contributed by atoms with E-state index in [1.54, 1.807) is 0 Å². The van der Waals surface area contributed by atoms with Gasteiger partial charge in [-0.25, -0.2) is 0 Å². The Kier molecular flexibility index (Phi) is 5.48. The van der Waals surface area contributed by atoms with Crippen molar-refractivity contribution in [1.82, 2.24) is 0 Å². The summed E-state index contributed by atoms with van der Waals surface area (Å²) in [7, 11) is 0. The number of halogens is 1. The van der Waals surface area contributed by atoms with E-state index >= 15 is 0 Å². The van der Waals surface area contributed by atoms with E-state index in [0.29, 0.717) is 0 Å². The second kappa shape index (κ2) is 7.34. The lowest BCUT2D eigenvalue weighted by Crippen LogP contribution is -2.01. The molecule has 2 nitrogen and oxygen atoms in total. The summed E-state index contributed by atoms with van der Waals surface area (Å²) in [5.74, 6) is 0.939. The third kappa shape index (κ3) is 4.27. The molecule has 1 N–H and O–H groups in total. The van der Waals surface area contributed by atoms with Crippen molar-refractivity contribution >= 4 is 21.6 Å². The Labute approximate surface area is 129 Å². The summed E-state index contributed by atoms with van der Waals surface area (Å²) < 4.78 is 6.74. The van der Waals surface area contributed by atoms with Gasteiger partial charge >= 0.3 is 0 Å². The normalized spacial score (nSPS) is 10.3. The van der Waals surface area contributed by atoms with Gasteiger partial charge in [0.25, 0.3) is 0 Å². The van der Waals surface area contributed by atoms with Crippen LogP contribution in [0.25, 0.3) is 0 Å². The van der Waals surface area contributed by atoms with E-state index in [-0.39, 0.29) is 0 Å². The topological polar surface area (TPSA) is 21.3 Å². The number of nitrogens with one attached hydrogen (secondary N) is 1. The maximum atomic E-state index is 5.65. The molecule has 0 aromatic heterocycles. The Bertz CT molecular complexity index is 569. The first-order chi connectivity index (χ1) is 9.69. The van der Waals surface area contributed by atoms with Gasteiger partial charge in [-0.15, -0.1) is 0 Å². The minimum atomic E-state index is 0.764. The summed E-state index contributed by atoms with van der Waals surface area (Å²) >= 11 is 3.58. The highest BCUT2D eigenvalue weighted by Crippen LogP contribution is 2.24. The minimum absolute atomic E-state index is 0.764. The van der Waals surface area contributed by atoms with Gasteiger partial charge in [-0.2, -0.15) is 0 Å². The number of anilines is 1. The van der Waals surface area contributed by atoms with Gasteiger partial charge in [0.05, 0.1) is 6.61 Å². The predicted molar refractivity (Wildman–Crippen MR) is 88.4 cm³/mol. The number of hydrogen-bond donors (Lipinski definition) is 1. The van der Waals surface area contributed by atoms with E-state index in [9.17, 15) is 0 Å². The average Bonchev–Trinajstić information content (AvgIpc) is 2.45. The monoisotopic (exact) mass is 333 g/mol. The molecule has 0 saturated carbocycles. The molecule has 0 aliphatic rings. The first-order valence-electron chi connectivity index (χ1n) is 6.91. The van der Waals surface area contributed by atoms with Gasteiger partial charge in [0, 0.05) is 16.7 Å². The summed E-state index contributed by atoms with van der Waals surface area (Å²) in [6.45, 7) is 5.74. The molecule has 3 heteroatoms. The predicted octanol–water partition coefficient (Wildman–Crippen LogP) is 5.16. The molecular formula is C17H20BrNO. The van der Waals surface area contributed by atoms with Crippen LogP contribution in [0, 0.1) is 6.92 Å². The summed E-state index contributed by atoms with van der Waals surface area (Å²) in [5, 5.41) is 3.44. The van der Waals surface area contributed by atoms with E-state index in [2.05, 4.69) is 65.4 Å². The van der Waals surface area contributed by atoms with E-state index in [1.165, 1.54) is 11.1 Å². The molecule has 0 atom stereocenters. The molecular weight excluding hydrogens is 314 g/mol. The van der Waals surface area contributed by atoms with Crippen LogP contribution in [0.15, 0.2) is 46.9 Å². The quantitative estimate of drug-likeness (QED) is 0.788. The van der Waals surface area contributed by atoms with Crippen LogP contribution >= 0.6 is 15.9 Å². The molecule has 20 heavy (non-hydrogen) atoms. The lowest BCUT2D eigenvalue weighted by atomic mass is 10.2. The molecule has 0 bridgehead atoms. The highest BCUT2D eigenvalue weighted by atomic mass is 79.9. The van der Waals surface area contributed by atoms with Crippen LogP contribution in [-0.4, -0.2) is 6.61 Å². The van der Waals surface area contributed by atoms with Crippen LogP contribution < -0.4 is 10.1 Å². The van der Waals surface area contributed by atoms with Crippen molar-refractivity contribution in [2.45, 2.75) is 26.8 Å². The summed E-state index contributed by atoms with van der Waals surface area (Å²) in [6.07, 6.45) is 1.03. The zero-order valence-electron chi connectivity index (χ0n) is 11.9. The van der Waals surface area contributed by atoms with Crippen molar-refractivity contribution in [2.24, 2.45) is 0 Å². The Hall–Kier alpha value is -1.48. The Morgan fingerprint density at radius 2 is 2.00 bits per heavy atom. The number of ether oxygens (including phenoxy) is 1. The van der Waals surface area contributed by atoms with Crippen LogP contribution in [-0.2, 0) is 6.54 Å². The fraction of sp³-hybridized carbons (Fsp3) is 0.294. The second-order valence-electron chi connectivity index (χ2n) is 4.83. The van der Waals surface area contributed by atoms with Crippen LogP contribution in [0.3, 0.4) is 0 Å². The molecule has 2 aromatic carbocycles. The maximum absolute atomic E-state index is 5.65. The van der Waals surface area contributed by atoms with E-state index in [4.69, 9.17) is 4.74 Å². The Morgan fingerprint density at radius 1 is 1.15 bits per heavy atom. The van der Waals surface area contributed by atoms with Crippen molar-refractivity contribution in [1.29, 1.82) is 0 Å². The first-order valence-corrected chi connectivity index (χ1v) is 7.70. The van der Waals surface area contributed by atoms with E-state index < -0.39 is 0 Å². The molecule has 0 aliphatic carbocycles. The summed E-state index contributed by atoms with van der Waals surface area (Å²) in [5.41, 5.74) is 3.57. The van der Waals surface area contributed by atoms with Crippen molar-refractivity contribution in [2.75, 3.05) is 11.9 Å². The molecule has 0 aliphatic heterocycles. The molecule has 0 saturated heterocycles. The van der Waals surface area contributed by atoms with Gasteiger partial charge in [-0.3, -0.25) is 0 Å². The smallest absolute Gasteiger partial charge is 0.119 e. The number of hydrogen-bond acceptors (Lipinski definition) is 2. The minimum Gasteiger partial charge on any atom is -0.494 e. The highest BCUT2D eigenvalue weighted by molar-refractivity contribution is 9.10. The highest BCUT2D eigenvalue weighted by Gasteiger charge is 2.01. The Morgan fingerprint density at radius 3 is 2.75 bits per heavy atom. The molecule has 0 heterocycles. The van der Waals surface area contributed by atoms with Crippen molar-refractivity contribution < 1.29 is 4.74 Å². The van der Waals surface area contributed by atoms with Crippen molar-refractivity contribution in [3.8, 4) is 5.75 Å². The van der Waals surface area contributed by atoms with Crippen LogP contribution in [0.1, 0.15) is 24.5 Å². The largest absolute Gasteiger partial charge is 0.494 e. The van der Waals surface area contributed by atoms with E-state index in [0.717, 1.165) is 35.5 Å². The van der Waals surface area contributed by atoms with Gasteiger partial charge in [-0.05, 0) is 64.7 Å². The lowest BCUT2D eigenvalue weighted by molar-refractivity contribution is 0.317. The first kappa shape index (κ1) is 14.9. The third-order valence-electron chi connectivity index (χ3n) is 2.98. The summed E-state index contributed by atoms with van der Waals surface area (Å²) in [4.78, 5) is 0.